The number of H-pyrrole nitrogens is 1. The van der Waals surface area contributed by atoms with Crippen LogP contribution in [0.3, 0.4) is 0 Å². The van der Waals surface area contributed by atoms with E-state index in [1.807, 2.05) is 48.5 Å². The number of aromatic amines is 1. The minimum atomic E-state index is -0.205. The summed E-state index contributed by atoms with van der Waals surface area (Å²) in [4.78, 5) is 14.4. The molecule has 178 valence electrons. The molecule has 1 saturated heterocycles. The van der Waals surface area contributed by atoms with Crippen molar-refractivity contribution in [2.45, 2.75) is 18.9 Å². The molecule has 5 N–H and O–H groups in total. The smallest absolute Gasteiger partial charge is 0.258 e. The first kappa shape index (κ1) is 22.5. The number of hydrogen-bond acceptors (Lipinski definition) is 6. The van der Waals surface area contributed by atoms with Gasteiger partial charge in [-0.1, -0.05) is 0 Å². The third kappa shape index (κ3) is 5.80. The van der Waals surface area contributed by atoms with Gasteiger partial charge in [0.25, 0.3) is 5.91 Å². The lowest BCUT2D eigenvalue weighted by Gasteiger charge is -2.31. The first-order chi connectivity index (χ1) is 17.1. The number of aromatic nitrogens is 2. The number of rotatable bonds is 7. The highest BCUT2D eigenvalue weighted by atomic mass is 16.3. The van der Waals surface area contributed by atoms with E-state index in [1.165, 1.54) is 11.9 Å². The molecule has 3 aromatic carbocycles. The Morgan fingerprint density at radius 2 is 1.29 bits per heavy atom. The molecule has 0 atom stereocenters. The summed E-state index contributed by atoms with van der Waals surface area (Å²) < 4.78 is 0. The molecular formula is C27H28N6O2. The lowest BCUT2D eigenvalue weighted by atomic mass is 10.1. The van der Waals surface area contributed by atoms with Gasteiger partial charge in [-0.25, -0.2) is 0 Å². The van der Waals surface area contributed by atoms with Crippen LogP contribution in [0.1, 0.15) is 23.2 Å². The van der Waals surface area contributed by atoms with Gasteiger partial charge in [0.05, 0.1) is 17.9 Å². The molecule has 0 spiro atoms. The molecular weight excluding hydrogens is 440 g/mol. The zero-order valence-corrected chi connectivity index (χ0v) is 19.2. The Morgan fingerprint density at radius 1 is 0.800 bits per heavy atom. The van der Waals surface area contributed by atoms with Crippen LogP contribution < -0.4 is 20.9 Å². The highest BCUT2D eigenvalue weighted by Gasteiger charge is 2.17. The average Bonchev–Trinajstić information content (AvgIpc) is 3.43. The van der Waals surface area contributed by atoms with Gasteiger partial charge in [0.15, 0.2) is 0 Å². The van der Waals surface area contributed by atoms with E-state index in [1.54, 1.807) is 6.20 Å². The molecule has 1 aliphatic rings. The molecule has 0 unspecified atom stereocenters. The average molecular weight is 469 g/mol. The van der Waals surface area contributed by atoms with Crippen molar-refractivity contribution in [1.82, 2.24) is 10.2 Å². The highest BCUT2D eigenvalue weighted by molar-refractivity contribution is 6.03. The van der Waals surface area contributed by atoms with Gasteiger partial charge in [-0.15, -0.1) is 0 Å². The van der Waals surface area contributed by atoms with Gasteiger partial charge in [0, 0.05) is 53.4 Å². The van der Waals surface area contributed by atoms with Crippen molar-refractivity contribution in [2.24, 2.45) is 0 Å². The molecule has 0 bridgehead atoms. The van der Waals surface area contributed by atoms with Gasteiger partial charge in [-0.05, 0) is 85.6 Å². The first-order valence-corrected chi connectivity index (χ1v) is 11.7. The lowest BCUT2D eigenvalue weighted by molar-refractivity contribution is 0.102. The van der Waals surface area contributed by atoms with E-state index in [2.05, 4.69) is 55.3 Å². The van der Waals surface area contributed by atoms with E-state index in [0.29, 0.717) is 11.3 Å². The van der Waals surface area contributed by atoms with Gasteiger partial charge in [-0.3, -0.25) is 9.89 Å². The Morgan fingerprint density at radius 3 is 1.77 bits per heavy atom. The molecule has 2 heterocycles. The third-order valence-corrected chi connectivity index (χ3v) is 6.06. The first-order valence-electron chi connectivity index (χ1n) is 11.7. The summed E-state index contributed by atoms with van der Waals surface area (Å²) in [6.45, 7) is 1.79. The molecule has 4 aromatic rings. The number of benzene rings is 3. The van der Waals surface area contributed by atoms with Gasteiger partial charge in [0.2, 0.25) is 0 Å². The second-order valence-corrected chi connectivity index (χ2v) is 8.61. The van der Waals surface area contributed by atoms with Crippen LogP contribution in [0.25, 0.3) is 0 Å². The lowest BCUT2D eigenvalue weighted by Crippen LogP contribution is -2.35. The van der Waals surface area contributed by atoms with Crippen LogP contribution in [0.4, 0.5) is 34.1 Å². The largest absolute Gasteiger partial charge is 0.393 e. The Bertz CT molecular complexity index is 1230. The number of aliphatic hydroxyl groups is 1. The van der Waals surface area contributed by atoms with Crippen LogP contribution in [-0.4, -0.2) is 40.4 Å². The number of piperidine rings is 1. The number of hydrogen-bond donors (Lipinski definition) is 5. The maximum atomic E-state index is 12.1. The number of aliphatic hydroxyl groups excluding tert-OH is 1. The SMILES string of the molecule is O=C(Nc1ccc(Nc2ccc(Nc3ccc(N4CCC(O)CC4)cc3)cc2)cc1)c1cn[nH]c1. The molecule has 1 aromatic heterocycles. The van der Waals surface area contributed by atoms with Crippen LogP contribution in [0, 0.1) is 0 Å². The zero-order chi connectivity index (χ0) is 24.0. The van der Waals surface area contributed by atoms with Crippen LogP contribution in [0.2, 0.25) is 0 Å². The second-order valence-electron chi connectivity index (χ2n) is 8.61. The molecule has 1 aliphatic heterocycles. The van der Waals surface area contributed by atoms with Crippen LogP contribution in [0.5, 0.6) is 0 Å². The number of nitrogens with one attached hydrogen (secondary N) is 4. The van der Waals surface area contributed by atoms with E-state index in [4.69, 9.17) is 0 Å². The molecule has 0 saturated carbocycles. The number of nitrogens with zero attached hydrogens (tertiary/aromatic N) is 2. The van der Waals surface area contributed by atoms with Crippen molar-refractivity contribution in [3.8, 4) is 0 Å². The van der Waals surface area contributed by atoms with Gasteiger partial charge >= 0.3 is 0 Å². The van der Waals surface area contributed by atoms with E-state index in [9.17, 15) is 9.90 Å². The fraction of sp³-hybridized carbons (Fsp3) is 0.185. The monoisotopic (exact) mass is 468 g/mol. The molecule has 5 rings (SSSR count). The normalized spacial score (nSPS) is 13.9. The van der Waals surface area contributed by atoms with Gasteiger partial charge < -0.3 is 26.0 Å². The molecule has 0 radical (unpaired) electrons. The fourth-order valence-corrected chi connectivity index (χ4v) is 4.07. The van der Waals surface area contributed by atoms with Gasteiger partial charge in [0.1, 0.15) is 0 Å². The van der Waals surface area contributed by atoms with Crippen LogP contribution >= 0.6 is 0 Å². The number of anilines is 6. The standard InChI is InChI=1S/C27H28N6O2/c34-26-13-15-33(16-14-26)25-11-9-23(10-12-25)31-21-3-1-20(2-4-21)30-22-5-7-24(8-6-22)32-27(35)19-17-28-29-18-19/h1-12,17-18,26,30-31,34H,13-16H2,(H,28,29)(H,32,35). The summed E-state index contributed by atoms with van der Waals surface area (Å²) in [5.41, 5.74) is 6.31. The number of carbonyl (C=O) groups is 1. The van der Waals surface area contributed by atoms with Crippen molar-refractivity contribution >= 4 is 40.0 Å². The third-order valence-electron chi connectivity index (χ3n) is 6.06. The summed E-state index contributed by atoms with van der Waals surface area (Å²) in [6.07, 6.45) is 4.53. The minimum Gasteiger partial charge on any atom is -0.393 e. The Hall–Kier alpha value is -4.30. The van der Waals surface area contributed by atoms with Crippen LogP contribution in [0.15, 0.2) is 85.2 Å². The van der Waals surface area contributed by atoms with Crippen molar-refractivity contribution in [3.63, 3.8) is 0 Å². The fourth-order valence-electron chi connectivity index (χ4n) is 4.07. The second kappa shape index (κ2) is 10.3. The summed E-state index contributed by atoms with van der Waals surface area (Å²) in [5.74, 6) is -0.205. The van der Waals surface area contributed by atoms with E-state index in [0.717, 1.165) is 48.7 Å². The van der Waals surface area contributed by atoms with Crippen molar-refractivity contribution in [3.05, 3.63) is 90.8 Å². The Balaban J connectivity index is 1.14. The maximum absolute atomic E-state index is 12.1. The van der Waals surface area contributed by atoms with Gasteiger partial charge in [-0.2, -0.15) is 5.10 Å². The minimum absolute atomic E-state index is 0.162. The predicted octanol–water partition coefficient (Wildman–Crippen LogP) is 5.11. The molecule has 35 heavy (non-hydrogen) atoms. The Labute approximate surface area is 204 Å². The van der Waals surface area contributed by atoms with E-state index < -0.39 is 0 Å². The topological polar surface area (TPSA) is 105 Å². The van der Waals surface area contributed by atoms with Crippen molar-refractivity contribution < 1.29 is 9.90 Å². The Kier molecular flexibility index (Phi) is 6.63. The number of carbonyl (C=O) groups excluding carboxylic acids is 1. The van der Waals surface area contributed by atoms with Crippen LogP contribution in [-0.2, 0) is 0 Å². The molecule has 1 fully saturated rings. The quantitative estimate of drug-likeness (QED) is 0.258. The maximum Gasteiger partial charge on any atom is 0.258 e. The highest BCUT2D eigenvalue weighted by Crippen LogP contribution is 2.25. The molecule has 1 amide bonds. The summed E-state index contributed by atoms with van der Waals surface area (Å²) in [7, 11) is 0. The van der Waals surface area contributed by atoms with Crippen molar-refractivity contribution in [1.29, 1.82) is 0 Å². The molecule has 8 heteroatoms. The van der Waals surface area contributed by atoms with E-state index >= 15 is 0 Å². The number of amides is 1. The summed E-state index contributed by atoms with van der Waals surface area (Å²) in [5, 5.41) is 25.8. The molecule has 0 aliphatic carbocycles. The zero-order valence-electron chi connectivity index (χ0n) is 19.2. The summed E-state index contributed by atoms with van der Waals surface area (Å²) in [6, 6.07) is 24.0. The summed E-state index contributed by atoms with van der Waals surface area (Å²) >= 11 is 0. The van der Waals surface area contributed by atoms with E-state index in [-0.39, 0.29) is 12.0 Å². The van der Waals surface area contributed by atoms with Crippen molar-refractivity contribution in [2.75, 3.05) is 33.9 Å². The molecule has 8 nitrogen and oxygen atoms in total. The predicted molar refractivity (Wildman–Crippen MR) is 140 cm³/mol.